The molecule has 0 spiro atoms. The third-order valence-electron chi connectivity index (χ3n) is 3.39. The fourth-order valence-corrected chi connectivity index (χ4v) is 2.20. The van der Waals surface area contributed by atoms with Gasteiger partial charge in [0.2, 0.25) is 0 Å². The summed E-state index contributed by atoms with van der Waals surface area (Å²) in [6.07, 6.45) is 4.95. The van der Waals surface area contributed by atoms with E-state index in [0.717, 1.165) is 19.3 Å². The fourth-order valence-electron chi connectivity index (χ4n) is 2.20. The molecular formula is C12H23NO3. The zero-order chi connectivity index (χ0) is 12.0. The number of carbonyl (C=O) groups is 1. The zero-order valence-corrected chi connectivity index (χ0v) is 10.3. The number of ether oxygens (including phenoxy) is 2. The number of esters is 1. The Morgan fingerprint density at radius 3 is 2.56 bits per heavy atom. The summed E-state index contributed by atoms with van der Waals surface area (Å²) in [4.78, 5) is 11.9. The van der Waals surface area contributed by atoms with Crippen LogP contribution in [-0.4, -0.2) is 33.3 Å². The first-order chi connectivity index (χ1) is 7.68. The van der Waals surface area contributed by atoms with E-state index in [2.05, 4.69) is 0 Å². The van der Waals surface area contributed by atoms with Crippen LogP contribution in [0.5, 0.6) is 0 Å². The van der Waals surface area contributed by atoms with E-state index in [-0.39, 0.29) is 5.97 Å². The van der Waals surface area contributed by atoms with Crippen molar-refractivity contribution in [2.24, 2.45) is 17.1 Å². The molecule has 0 aliphatic heterocycles. The molecule has 16 heavy (non-hydrogen) atoms. The van der Waals surface area contributed by atoms with Gasteiger partial charge < -0.3 is 15.2 Å². The molecule has 0 bridgehead atoms. The van der Waals surface area contributed by atoms with Crippen molar-refractivity contribution in [3.8, 4) is 0 Å². The van der Waals surface area contributed by atoms with Crippen molar-refractivity contribution in [3.05, 3.63) is 0 Å². The van der Waals surface area contributed by atoms with E-state index in [1.54, 1.807) is 7.11 Å². The molecule has 0 amide bonds. The van der Waals surface area contributed by atoms with Gasteiger partial charge in [0.05, 0.1) is 12.5 Å². The summed E-state index contributed by atoms with van der Waals surface area (Å²) >= 11 is 0. The van der Waals surface area contributed by atoms with Crippen LogP contribution >= 0.6 is 0 Å². The third kappa shape index (κ3) is 3.46. The number of hydrogen-bond donors (Lipinski definition) is 1. The summed E-state index contributed by atoms with van der Waals surface area (Å²) in [5.74, 6) is 0.517. The Morgan fingerprint density at radius 2 is 2.12 bits per heavy atom. The average molecular weight is 229 g/mol. The minimum atomic E-state index is -0.478. The Balaban J connectivity index is 2.58. The van der Waals surface area contributed by atoms with Crippen molar-refractivity contribution < 1.29 is 14.3 Å². The largest absolute Gasteiger partial charge is 0.469 e. The normalized spacial score (nSPS) is 19.2. The molecule has 0 aromatic rings. The molecule has 1 aliphatic rings. The van der Waals surface area contributed by atoms with Gasteiger partial charge in [-0.05, 0) is 25.2 Å². The highest BCUT2D eigenvalue weighted by Gasteiger charge is 2.42. The molecule has 1 fully saturated rings. The van der Waals surface area contributed by atoms with Crippen LogP contribution in [0.1, 0.15) is 32.1 Å². The molecule has 2 N–H and O–H groups in total. The Bertz CT molecular complexity index is 228. The van der Waals surface area contributed by atoms with Crippen LogP contribution in [0.4, 0.5) is 0 Å². The number of rotatable bonds is 8. The Labute approximate surface area is 97.5 Å². The van der Waals surface area contributed by atoms with Crippen molar-refractivity contribution in [1.82, 2.24) is 0 Å². The molecule has 1 rings (SSSR count). The highest BCUT2D eigenvalue weighted by molar-refractivity contribution is 5.77. The number of nitrogens with two attached hydrogens (primary N) is 1. The molecule has 1 unspecified atom stereocenters. The second kappa shape index (κ2) is 6.21. The molecule has 1 atom stereocenters. The average Bonchev–Trinajstić information content (AvgIpc) is 3.10. The molecule has 0 radical (unpaired) electrons. The van der Waals surface area contributed by atoms with E-state index in [4.69, 9.17) is 15.2 Å². The Morgan fingerprint density at radius 1 is 1.44 bits per heavy atom. The topological polar surface area (TPSA) is 61.5 Å². The van der Waals surface area contributed by atoms with E-state index in [1.807, 2.05) is 0 Å². The first-order valence-electron chi connectivity index (χ1n) is 5.96. The summed E-state index contributed by atoms with van der Waals surface area (Å²) in [5, 5.41) is 0. The summed E-state index contributed by atoms with van der Waals surface area (Å²) in [7, 11) is 3.11. The summed E-state index contributed by atoms with van der Waals surface area (Å²) in [6.45, 7) is 1.04. The van der Waals surface area contributed by atoms with Crippen LogP contribution in [0, 0.1) is 11.3 Å². The van der Waals surface area contributed by atoms with E-state index >= 15 is 0 Å². The van der Waals surface area contributed by atoms with Gasteiger partial charge in [-0.1, -0.05) is 12.8 Å². The second-order valence-electron chi connectivity index (χ2n) is 4.72. The van der Waals surface area contributed by atoms with E-state index in [1.165, 1.54) is 20.0 Å². The highest BCUT2D eigenvalue weighted by atomic mass is 16.5. The van der Waals surface area contributed by atoms with E-state index < -0.39 is 5.41 Å². The monoisotopic (exact) mass is 229 g/mol. The smallest absolute Gasteiger partial charge is 0.313 e. The maximum atomic E-state index is 11.9. The predicted octanol–water partition coefficient (Wildman–Crippen LogP) is 1.33. The Kier molecular flexibility index (Phi) is 5.22. The van der Waals surface area contributed by atoms with Gasteiger partial charge in [0.25, 0.3) is 0 Å². The molecule has 94 valence electrons. The lowest BCUT2D eigenvalue weighted by atomic mass is 9.78. The maximum Gasteiger partial charge on any atom is 0.313 e. The van der Waals surface area contributed by atoms with Gasteiger partial charge in [-0.15, -0.1) is 0 Å². The van der Waals surface area contributed by atoms with E-state index in [9.17, 15) is 4.79 Å². The maximum absolute atomic E-state index is 11.9. The fraction of sp³-hybridized carbons (Fsp3) is 0.917. The van der Waals surface area contributed by atoms with Crippen molar-refractivity contribution in [2.45, 2.75) is 32.1 Å². The van der Waals surface area contributed by atoms with Gasteiger partial charge in [-0.2, -0.15) is 0 Å². The van der Waals surface area contributed by atoms with Gasteiger partial charge in [0, 0.05) is 20.3 Å². The SMILES string of the molecule is COCCCC(CN)(CC1CC1)C(=O)OC. The van der Waals surface area contributed by atoms with Gasteiger partial charge in [0.1, 0.15) is 0 Å². The Hall–Kier alpha value is -0.610. The highest BCUT2D eigenvalue weighted by Crippen LogP contribution is 2.42. The lowest BCUT2D eigenvalue weighted by Crippen LogP contribution is -2.40. The van der Waals surface area contributed by atoms with Crippen LogP contribution in [0.2, 0.25) is 0 Å². The van der Waals surface area contributed by atoms with Gasteiger partial charge in [-0.3, -0.25) is 4.79 Å². The molecule has 0 aromatic heterocycles. The molecule has 0 saturated heterocycles. The molecule has 4 heteroatoms. The van der Waals surface area contributed by atoms with Crippen LogP contribution < -0.4 is 5.73 Å². The minimum absolute atomic E-state index is 0.155. The molecule has 0 heterocycles. The lowest BCUT2D eigenvalue weighted by Gasteiger charge is -2.29. The summed E-state index contributed by atoms with van der Waals surface area (Å²) < 4.78 is 9.93. The predicted molar refractivity (Wildman–Crippen MR) is 62.0 cm³/mol. The quantitative estimate of drug-likeness (QED) is 0.504. The van der Waals surface area contributed by atoms with Crippen molar-refractivity contribution in [3.63, 3.8) is 0 Å². The molecule has 1 aliphatic carbocycles. The molecule has 4 nitrogen and oxygen atoms in total. The standard InChI is InChI=1S/C12H23NO3/c1-15-7-3-6-12(9-13,11(14)16-2)8-10-4-5-10/h10H,3-9,13H2,1-2H3. The van der Waals surface area contributed by atoms with Crippen LogP contribution in [-0.2, 0) is 14.3 Å². The molecule has 1 saturated carbocycles. The van der Waals surface area contributed by atoms with E-state index in [0.29, 0.717) is 19.1 Å². The van der Waals surface area contributed by atoms with Crippen LogP contribution in [0.3, 0.4) is 0 Å². The second-order valence-corrected chi connectivity index (χ2v) is 4.72. The van der Waals surface area contributed by atoms with Gasteiger partial charge in [-0.25, -0.2) is 0 Å². The third-order valence-corrected chi connectivity index (χ3v) is 3.39. The number of carbonyl (C=O) groups excluding carboxylic acids is 1. The summed E-state index contributed by atoms with van der Waals surface area (Å²) in [6, 6.07) is 0. The van der Waals surface area contributed by atoms with Crippen LogP contribution in [0.15, 0.2) is 0 Å². The first kappa shape index (κ1) is 13.5. The lowest BCUT2D eigenvalue weighted by molar-refractivity contribution is -0.153. The minimum Gasteiger partial charge on any atom is -0.469 e. The first-order valence-corrected chi connectivity index (χ1v) is 5.96. The van der Waals surface area contributed by atoms with Gasteiger partial charge in [0.15, 0.2) is 0 Å². The summed E-state index contributed by atoms with van der Waals surface area (Å²) in [5.41, 5.74) is 5.32. The van der Waals surface area contributed by atoms with Crippen molar-refractivity contribution in [1.29, 1.82) is 0 Å². The number of hydrogen-bond acceptors (Lipinski definition) is 4. The van der Waals surface area contributed by atoms with Crippen molar-refractivity contribution in [2.75, 3.05) is 27.4 Å². The van der Waals surface area contributed by atoms with Gasteiger partial charge >= 0.3 is 5.97 Å². The molecular weight excluding hydrogens is 206 g/mol. The zero-order valence-electron chi connectivity index (χ0n) is 10.3. The van der Waals surface area contributed by atoms with Crippen molar-refractivity contribution >= 4 is 5.97 Å². The number of methoxy groups -OCH3 is 2. The molecule has 0 aromatic carbocycles. The van der Waals surface area contributed by atoms with Crippen LogP contribution in [0.25, 0.3) is 0 Å².